The van der Waals surface area contributed by atoms with E-state index in [1.807, 2.05) is 13.8 Å². The molecule has 0 aliphatic heterocycles. The number of alkyl halides is 3. The number of pyridine rings is 1. The molecule has 0 aliphatic rings. The lowest BCUT2D eigenvalue weighted by Gasteiger charge is -2.22. The van der Waals surface area contributed by atoms with E-state index in [4.69, 9.17) is 14.0 Å². The molecule has 0 amide bonds. The Kier molecular flexibility index (Phi) is 6.82. The van der Waals surface area contributed by atoms with Gasteiger partial charge in [0, 0.05) is 23.5 Å². The third-order valence-corrected chi connectivity index (χ3v) is 4.81. The van der Waals surface area contributed by atoms with Gasteiger partial charge >= 0.3 is 12.1 Å². The number of benzene rings is 1. The molecule has 166 valence electrons. The molecule has 2 heterocycles. The van der Waals surface area contributed by atoms with Gasteiger partial charge in [0.15, 0.2) is 11.3 Å². The smallest absolute Gasteiger partial charge is 0.437 e. The standard InChI is InChI=1S/C22H23F3N2O4/c1-4-7-13-11-16-19(31-27-20(16)22(23,24)25)15(8-5-2)17(13)30-18(21(28)29-3)14-9-6-10-26-12-14/h6,9-12,18H,4-5,7-8H2,1-3H3. The van der Waals surface area contributed by atoms with E-state index in [1.54, 1.807) is 18.3 Å². The van der Waals surface area contributed by atoms with E-state index in [2.05, 4.69) is 10.1 Å². The predicted octanol–water partition coefficient (Wildman–Crippen LogP) is 5.44. The van der Waals surface area contributed by atoms with E-state index < -0.39 is 23.9 Å². The number of fused-ring (bicyclic) bond motifs is 1. The number of hydrogen-bond donors (Lipinski definition) is 0. The van der Waals surface area contributed by atoms with Crippen molar-refractivity contribution in [1.82, 2.24) is 10.1 Å². The van der Waals surface area contributed by atoms with Crippen LogP contribution in [0.4, 0.5) is 13.2 Å². The van der Waals surface area contributed by atoms with E-state index in [-0.39, 0.29) is 11.0 Å². The molecule has 2 aromatic heterocycles. The molecule has 0 bridgehead atoms. The number of rotatable bonds is 8. The molecule has 1 aromatic carbocycles. The number of ether oxygens (including phenoxy) is 2. The van der Waals surface area contributed by atoms with Crippen LogP contribution in [0.15, 0.2) is 35.1 Å². The van der Waals surface area contributed by atoms with E-state index >= 15 is 0 Å². The number of carbonyl (C=O) groups is 1. The molecule has 0 fully saturated rings. The van der Waals surface area contributed by atoms with Gasteiger partial charge in [-0.2, -0.15) is 13.2 Å². The van der Waals surface area contributed by atoms with Gasteiger partial charge in [0.25, 0.3) is 0 Å². The molecule has 3 rings (SSSR count). The van der Waals surface area contributed by atoms with Crippen molar-refractivity contribution in [1.29, 1.82) is 0 Å². The van der Waals surface area contributed by atoms with Crippen LogP contribution in [0, 0.1) is 0 Å². The summed E-state index contributed by atoms with van der Waals surface area (Å²) in [5, 5.41) is 3.17. The Labute approximate surface area is 177 Å². The second kappa shape index (κ2) is 9.36. The highest BCUT2D eigenvalue weighted by molar-refractivity contribution is 5.87. The average Bonchev–Trinajstić information content (AvgIpc) is 3.18. The lowest BCUT2D eigenvalue weighted by atomic mass is 9.97. The van der Waals surface area contributed by atoms with Crippen molar-refractivity contribution < 1.29 is 32.0 Å². The summed E-state index contributed by atoms with van der Waals surface area (Å²) in [4.78, 5) is 16.5. The molecule has 6 nitrogen and oxygen atoms in total. The first-order chi connectivity index (χ1) is 14.8. The third-order valence-electron chi connectivity index (χ3n) is 4.81. The van der Waals surface area contributed by atoms with Crippen molar-refractivity contribution in [2.75, 3.05) is 7.11 Å². The number of aryl methyl sites for hydroxylation is 2. The molecule has 1 atom stereocenters. The summed E-state index contributed by atoms with van der Waals surface area (Å²) in [6, 6.07) is 4.72. The number of carbonyl (C=O) groups excluding carboxylic acids is 1. The summed E-state index contributed by atoms with van der Waals surface area (Å²) in [5.74, 6) is -0.327. The molecular formula is C22H23F3N2O4. The molecule has 0 N–H and O–H groups in total. The number of hydrogen-bond acceptors (Lipinski definition) is 6. The van der Waals surface area contributed by atoms with Crippen LogP contribution in [-0.4, -0.2) is 23.2 Å². The number of methoxy groups -OCH3 is 1. The minimum Gasteiger partial charge on any atom is -0.473 e. The van der Waals surface area contributed by atoms with Crippen LogP contribution >= 0.6 is 0 Å². The van der Waals surface area contributed by atoms with Gasteiger partial charge in [-0.15, -0.1) is 0 Å². The molecule has 0 radical (unpaired) electrons. The molecular weight excluding hydrogens is 413 g/mol. The molecule has 0 saturated carbocycles. The molecule has 0 spiro atoms. The number of nitrogens with zero attached hydrogens (tertiary/aromatic N) is 2. The zero-order valence-corrected chi connectivity index (χ0v) is 17.5. The van der Waals surface area contributed by atoms with Gasteiger partial charge in [-0.1, -0.05) is 37.9 Å². The second-order valence-electron chi connectivity index (χ2n) is 7.06. The fraction of sp³-hybridized carbons (Fsp3) is 0.409. The number of esters is 1. The van der Waals surface area contributed by atoms with Crippen molar-refractivity contribution in [3.05, 3.63) is 53.0 Å². The van der Waals surface area contributed by atoms with Crippen LogP contribution in [-0.2, 0) is 28.5 Å². The Morgan fingerprint density at radius 1 is 1.23 bits per heavy atom. The molecule has 0 saturated heterocycles. The summed E-state index contributed by atoms with van der Waals surface area (Å²) < 4.78 is 56.5. The summed E-state index contributed by atoms with van der Waals surface area (Å²) >= 11 is 0. The van der Waals surface area contributed by atoms with Gasteiger partial charge in [-0.25, -0.2) is 4.79 Å². The molecule has 1 unspecified atom stereocenters. The fourth-order valence-corrected chi connectivity index (χ4v) is 3.48. The van der Waals surface area contributed by atoms with Gasteiger partial charge in [-0.05, 0) is 30.5 Å². The zero-order chi connectivity index (χ0) is 22.6. The minimum atomic E-state index is -4.65. The molecule has 9 heteroatoms. The Morgan fingerprint density at radius 3 is 2.55 bits per heavy atom. The van der Waals surface area contributed by atoms with Gasteiger partial charge in [-0.3, -0.25) is 4.98 Å². The number of halogens is 3. The van der Waals surface area contributed by atoms with E-state index in [0.717, 1.165) is 0 Å². The lowest BCUT2D eigenvalue weighted by Crippen LogP contribution is -2.21. The van der Waals surface area contributed by atoms with E-state index in [0.29, 0.717) is 48.1 Å². The first-order valence-corrected chi connectivity index (χ1v) is 9.97. The van der Waals surface area contributed by atoms with Crippen molar-refractivity contribution in [2.45, 2.75) is 51.8 Å². The van der Waals surface area contributed by atoms with Crippen LogP contribution in [0.2, 0.25) is 0 Å². The maximum atomic E-state index is 13.4. The van der Waals surface area contributed by atoms with Crippen molar-refractivity contribution in [2.24, 2.45) is 0 Å². The number of aromatic nitrogens is 2. The Balaban J connectivity index is 2.22. The molecule has 0 aliphatic carbocycles. The van der Waals surface area contributed by atoms with Crippen LogP contribution in [0.1, 0.15) is 55.2 Å². The van der Waals surface area contributed by atoms with Crippen molar-refractivity contribution >= 4 is 16.9 Å². The lowest BCUT2D eigenvalue weighted by molar-refractivity contribution is -0.149. The van der Waals surface area contributed by atoms with E-state index in [9.17, 15) is 18.0 Å². The monoisotopic (exact) mass is 436 g/mol. The van der Waals surface area contributed by atoms with Gasteiger partial charge < -0.3 is 14.0 Å². The molecule has 3 aromatic rings. The van der Waals surface area contributed by atoms with Gasteiger partial charge in [0.05, 0.1) is 12.5 Å². The first kappa shape index (κ1) is 22.6. The van der Waals surface area contributed by atoms with Crippen molar-refractivity contribution in [3.63, 3.8) is 0 Å². The highest BCUT2D eigenvalue weighted by atomic mass is 19.4. The summed E-state index contributed by atoms with van der Waals surface area (Å²) in [5.41, 5.74) is 0.404. The van der Waals surface area contributed by atoms with Gasteiger partial charge in [0.1, 0.15) is 5.75 Å². The van der Waals surface area contributed by atoms with E-state index in [1.165, 1.54) is 19.4 Å². The zero-order valence-electron chi connectivity index (χ0n) is 17.5. The van der Waals surface area contributed by atoms with Crippen molar-refractivity contribution in [3.8, 4) is 5.75 Å². The quantitative estimate of drug-likeness (QED) is 0.438. The maximum absolute atomic E-state index is 13.4. The Hall–Kier alpha value is -3.10. The second-order valence-corrected chi connectivity index (χ2v) is 7.06. The fourth-order valence-electron chi connectivity index (χ4n) is 3.48. The Morgan fingerprint density at radius 2 is 1.97 bits per heavy atom. The highest BCUT2D eigenvalue weighted by Crippen LogP contribution is 2.42. The Bertz CT molecular complexity index is 1050. The molecule has 31 heavy (non-hydrogen) atoms. The van der Waals surface area contributed by atoms with Gasteiger partial charge in [0.2, 0.25) is 6.10 Å². The van der Waals surface area contributed by atoms with Crippen LogP contribution in [0.5, 0.6) is 5.75 Å². The maximum Gasteiger partial charge on any atom is 0.437 e. The van der Waals surface area contributed by atoms with Crippen LogP contribution in [0.3, 0.4) is 0 Å². The summed E-state index contributed by atoms with van der Waals surface area (Å²) in [7, 11) is 1.24. The first-order valence-electron chi connectivity index (χ1n) is 9.97. The third kappa shape index (κ3) is 4.65. The largest absolute Gasteiger partial charge is 0.473 e. The summed E-state index contributed by atoms with van der Waals surface area (Å²) in [6.45, 7) is 3.80. The summed E-state index contributed by atoms with van der Waals surface area (Å²) in [6.07, 6.45) is -0.619. The topological polar surface area (TPSA) is 74.5 Å². The SMILES string of the molecule is CCCc1cc2c(C(F)(F)F)noc2c(CCC)c1OC(C(=O)OC)c1cccnc1. The van der Waals surface area contributed by atoms with Crippen LogP contribution in [0.25, 0.3) is 11.0 Å². The minimum absolute atomic E-state index is 0.0128. The predicted molar refractivity (Wildman–Crippen MR) is 107 cm³/mol. The normalized spacial score (nSPS) is 12.7. The average molecular weight is 436 g/mol. The van der Waals surface area contributed by atoms with Crippen LogP contribution < -0.4 is 4.74 Å². The highest BCUT2D eigenvalue weighted by Gasteiger charge is 2.38.